The number of piperidine rings is 1. The molecule has 1 aromatic carbocycles. The van der Waals surface area contributed by atoms with E-state index in [1.54, 1.807) is 0 Å². The molecule has 2 N–H and O–H groups in total. The second-order valence-electron chi connectivity index (χ2n) is 8.61. The van der Waals surface area contributed by atoms with Crippen LogP contribution in [0, 0.1) is 5.92 Å². The van der Waals surface area contributed by atoms with Crippen molar-refractivity contribution in [2.45, 2.75) is 57.5 Å². The van der Waals surface area contributed by atoms with E-state index in [4.69, 9.17) is 4.74 Å². The molecule has 2 aliphatic rings. The van der Waals surface area contributed by atoms with E-state index in [0.717, 1.165) is 63.8 Å². The first-order chi connectivity index (χ1) is 14.3. The second kappa shape index (κ2) is 11.9. The van der Waals surface area contributed by atoms with Crippen LogP contribution in [0.3, 0.4) is 0 Å². The number of hydrogen-bond donors (Lipinski definition) is 2. The number of aliphatic imine (C=N–C) groups is 1. The van der Waals surface area contributed by atoms with Crippen molar-refractivity contribution in [1.82, 2.24) is 15.2 Å². The number of halogens is 1. The van der Waals surface area contributed by atoms with Gasteiger partial charge in [0.15, 0.2) is 5.96 Å². The predicted octanol–water partition coefficient (Wildman–Crippen LogP) is 4.97. The number of H-pyrrole nitrogens is 1. The second-order valence-corrected chi connectivity index (χ2v) is 8.61. The molecule has 0 bridgehead atoms. The number of aromatic amines is 1. The molecular weight excluding hydrogens is 487 g/mol. The minimum absolute atomic E-state index is 0. The molecule has 1 saturated carbocycles. The predicted molar refractivity (Wildman–Crippen MR) is 136 cm³/mol. The number of nitrogens with zero attached hydrogens (tertiary/aromatic N) is 2. The molecule has 0 radical (unpaired) electrons. The van der Waals surface area contributed by atoms with Gasteiger partial charge in [-0.15, -0.1) is 24.0 Å². The van der Waals surface area contributed by atoms with Crippen LogP contribution in [0.25, 0.3) is 10.9 Å². The average molecular weight is 524 g/mol. The Morgan fingerprint density at radius 1 is 1.17 bits per heavy atom. The first-order valence-corrected chi connectivity index (χ1v) is 11.5. The number of aryl methyl sites for hydroxylation is 1. The van der Waals surface area contributed by atoms with Crippen LogP contribution in [0.5, 0.6) is 0 Å². The van der Waals surface area contributed by atoms with Gasteiger partial charge in [0.05, 0.1) is 6.10 Å². The number of benzene rings is 1. The van der Waals surface area contributed by atoms with Crippen molar-refractivity contribution in [3.05, 3.63) is 36.0 Å². The van der Waals surface area contributed by atoms with Crippen molar-refractivity contribution < 1.29 is 4.74 Å². The van der Waals surface area contributed by atoms with Gasteiger partial charge in [0.25, 0.3) is 0 Å². The van der Waals surface area contributed by atoms with E-state index in [-0.39, 0.29) is 24.0 Å². The fourth-order valence-electron chi connectivity index (χ4n) is 4.83. The molecular formula is C24H37IN4O. The number of ether oxygens (including phenoxy) is 1. The van der Waals surface area contributed by atoms with Crippen LogP contribution in [0.1, 0.15) is 50.5 Å². The van der Waals surface area contributed by atoms with Crippen molar-refractivity contribution >= 4 is 40.8 Å². The molecule has 0 unspecified atom stereocenters. The lowest BCUT2D eigenvalue weighted by Gasteiger charge is -2.34. The van der Waals surface area contributed by atoms with Gasteiger partial charge >= 0.3 is 0 Å². The highest BCUT2D eigenvalue weighted by atomic mass is 127. The molecule has 6 heteroatoms. The molecule has 2 aromatic rings. The van der Waals surface area contributed by atoms with E-state index in [1.165, 1.54) is 42.1 Å². The van der Waals surface area contributed by atoms with Gasteiger partial charge in [-0.1, -0.05) is 31.0 Å². The molecule has 1 saturated heterocycles. The summed E-state index contributed by atoms with van der Waals surface area (Å²) in [6.45, 7) is 4.00. The van der Waals surface area contributed by atoms with E-state index in [1.807, 2.05) is 7.05 Å². The summed E-state index contributed by atoms with van der Waals surface area (Å²) in [5, 5.41) is 4.91. The normalized spacial score (nSPS) is 18.7. The van der Waals surface area contributed by atoms with E-state index in [9.17, 15) is 0 Å². The smallest absolute Gasteiger partial charge is 0.193 e. The number of fused-ring (bicyclic) bond motifs is 1. The van der Waals surface area contributed by atoms with Gasteiger partial charge in [-0.2, -0.15) is 0 Å². The van der Waals surface area contributed by atoms with Gasteiger partial charge in [0, 0.05) is 50.4 Å². The maximum atomic E-state index is 6.21. The zero-order valence-electron chi connectivity index (χ0n) is 18.2. The Morgan fingerprint density at radius 2 is 1.93 bits per heavy atom. The molecule has 166 valence electrons. The number of guanidine groups is 1. The first-order valence-electron chi connectivity index (χ1n) is 11.5. The lowest BCUT2D eigenvalue weighted by atomic mass is 10.1. The van der Waals surface area contributed by atoms with E-state index >= 15 is 0 Å². The maximum Gasteiger partial charge on any atom is 0.193 e. The van der Waals surface area contributed by atoms with Crippen LogP contribution in [0.15, 0.2) is 35.5 Å². The Morgan fingerprint density at radius 3 is 2.70 bits per heavy atom. The Hall–Kier alpha value is -1.28. The minimum atomic E-state index is 0. The van der Waals surface area contributed by atoms with Crippen LogP contribution in [-0.4, -0.2) is 55.2 Å². The van der Waals surface area contributed by atoms with Gasteiger partial charge in [-0.05, 0) is 56.1 Å². The Kier molecular flexibility index (Phi) is 9.30. The number of likely N-dealkylation sites (tertiary alicyclic amines) is 1. The Balaban J connectivity index is 0.00000256. The van der Waals surface area contributed by atoms with Gasteiger partial charge in [0.1, 0.15) is 0 Å². The number of rotatable bonds is 7. The SMILES string of the molecule is CN=C(NCCCc1c[nH]c2ccccc12)N1CCC(OCC2CCCC2)CC1.I. The highest BCUT2D eigenvalue weighted by molar-refractivity contribution is 14.0. The van der Waals surface area contributed by atoms with Crippen LogP contribution in [0.2, 0.25) is 0 Å². The molecule has 2 heterocycles. The van der Waals surface area contributed by atoms with Crippen molar-refractivity contribution in [2.24, 2.45) is 10.9 Å². The molecule has 0 atom stereocenters. The number of hydrogen-bond acceptors (Lipinski definition) is 2. The molecule has 0 amide bonds. The van der Waals surface area contributed by atoms with Gasteiger partial charge in [0.2, 0.25) is 0 Å². The third-order valence-electron chi connectivity index (χ3n) is 6.58. The fraction of sp³-hybridized carbons (Fsp3) is 0.625. The summed E-state index contributed by atoms with van der Waals surface area (Å²) in [6, 6.07) is 8.53. The quantitative estimate of drug-likeness (QED) is 0.233. The summed E-state index contributed by atoms with van der Waals surface area (Å²) in [5.41, 5.74) is 2.63. The third-order valence-corrected chi connectivity index (χ3v) is 6.58. The molecule has 1 aliphatic carbocycles. The lowest BCUT2D eigenvalue weighted by molar-refractivity contribution is 0.00102. The largest absolute Gasteiger partial charge is 0.378 e. The van der Waals surface area contributed by atoms with Crippen LogP contribution in [-0.2, 0) is 11.2 Å². The van der Waals surface area contributed by atoms with E-state index in [2.05, 4.69) is 50.7 Å². The van der Waals surface area contributed by atoms with Crippen LogP contribution in [0.4, 0.5) is 0 Å². The summed E-state index contributed by atoms with van der Waals surface area (Å²) in [5.74, 6) is 1.86. The van der Waals surface area contributed by atoms with E-state index in [0.29, 0.717) is 6.10 Å². The monoisotopic (exact) mass is 524 g/mol. The average Bonchev–Trinajstić information content (AvgIpc) is 3.43. The molecule has 1 aromatic heterocycles. The lowest BCUT2D eigenvalue weighted by Crippen LogP contribution is -2.47. The molecule has 2 fully saturated rings. The van der Waals surface area contributed by atoms with Gasteiger partial charge in [-0.3, -0.25) is 4.99 Å². The summed E-state index contributed by atoms with van der Waals surface area (Å²) in [4.78, 5) is 10.3. The summed E-state index contributed by atoms with van der Waals surface area (Å²) < 4.78 is 6.21. The number of para-hydroxylation sites is 1. The Bertz CT molecular complexity index is 791. The summed E-state index contributed by atoms with van der Waals surface area (Å²) >= 11 is 0. The van der Waals surface area contributed by atoms with Crippen molar-refractivity contribution in [1.29, 1.82) is 0 Å². The van der Waals surface area contributed by atoms with Crippen LogP contribution >= 0.6 is 24.0 Å². The molecule has 1 aliphatic heterocycles. The molecule has 30 heavy (non-hydrogen) atoms. The zero-order valence-corrected chi connectivity index (χ0v) is 20.6. The van der Waals surface area contributed by atoms with Crippen molar-refractivity contribution in [2.75, 3.05) is 33.3 Å². The third kappa shape index (κ3) is 6.13. The number of nitrogens with one attached hydrogen (secondary N) is 2. The minimum Gasteiger partial charge on any atom is -0.378 e. The van der Waals surface area contributed by atoms with Gasteiger partial charge in [-0.25, -0.2) is 0 Å². The maximum absolute atomic E-state index is 6.21. The molecule has 0 spiro atoms. The molecule has 4 rings (SSSR count). The molecule has 5 nitrogen and oxygen atoms in total. The highest BCUT2D eigenvalue weighted by Crippen LogP contribution is 2.26. The summed E-state index contributed by atoms with van der Waals surface area (Å²) in [7, 11) is 1.89. The van der Waals surface area contributed by atoms with Gasteiger partial charge < -0.3 is 19.9 Å². The van der Waals surface area contributed by atoms with Crippen LogP contribution < -0.4 is 5.32 Å². The zero-order chi connectivity index (χ0) is 19.9. The first kappa shape index (κ1) is 23.4. The topological polar surface area (TPSA) is 52.7 Å². The fourth-order valence-corrected chi connectivity index (χ4v) is 4.83. The Labute approximate surface area is 198 Å². The van der Waals surface area contributed by atoms with E-state index < -0.39 is 0 Å². The standard InChI is InChI=1S/C24H36N4O.HI/c1-25-24(26-14-6-9-20-17-27-23-11-5-4-10-22(20)23)28-15-12-21(13-16-28)29-18-19-7-2-3-8-19;/h4-5,10-11,17,19,21,27H,2-3,6-9,12-16,18H2,1H3,(H,25,26);1H. The summed E-state index contributed by atoms with van der Waals surface area (Å²) in [6.07, 6.45) is 12.5. The van der Waals surface area contributed by atoms with Crippen molar-refractivity contribution in [3.63, 3.8) is 0 Å². The highest BCUT2D eigenvalue weighted by Gasteiger charge is 2.23. The number of aromatic nitrogens is 1. The van der Waals surface area contributed by atoms with Crippen molar-refractivity contribution in [3.8, 4) is 0 Å².